The van der Waals surface area contributed by atoms with Gasteiger partial charge in [-0.3, -0.25) is 24.0 Å². The summed E-state index contributed by atoms with van der Waals surface area (Å²) in [7, 11) is 0. The van der Waals surface area contributed by atoms with Crippen molar-refractivity contribution < 1.29 is 47.7 Å². The van der Waals surface area contributed by atoms with Crippen LogP contribution < -0.4 is 15.4 Å². The van der Waals surface area contributed by atoms with Crippen molar-refractivity contribution in [3.8, 4) is 5.75 Å². The molecule has 0 bridgehead atoms. The lowest BCUT2D eigenvalue weighted by Crippen LogP contribution is -2.56. The summed E-state index contributed by atoms with van der Waals surface area (Å²) in [4.78, 5) is 88.8. The van der Waals surface area contributed by atoms with Crippen LogP contribution in [-0.4, -0.2) is 140 Å². The quantitative estimate of drug-likeness (QED) is 0.157. The van der Waals surface area contributed by atoms with Gasteiger partial charge in [0.15, 0.2) is 6.61 Å². The van der Waals surface area contributed by atoms with Crippen LogP contribution in [0.25, 0.3) is 10.9 Å². The fraction of sp³-hybridized carbons (Fsp3) is 0.634. The van der Waals surface area contributed by atoms with Crippen LogP contribution in [0.1, 0.15) is 87.7 Å². The van der Waals surface area contributed by atoms with Crippen molar-refractivity contribution in [1.29, 1.82) is 0 Å². The average Bonchev–Trinajstić information content (AvgIpc) is 3.69. The van der Waals surface area contributed by atoms with E-state index in [9.17, 15) is 28.8 Å². The minimum atomic E-state index is -1.12. The van der Waals surface area contributed by atoms with Gasteiger partial charge < -0.3 is 44.3 Å². The number of esters is 1. The number of amides is 5. The number of likely N-dealkylation sites (tertiary alicyclic amines) is 1. The van der Waals surface area contributed by atoms with Gasteiger partial charge in [-0.25, -0.2) is 9.78 Å². The highest BCUT2D eigenvalue weighted by Crippen LogP contribution is 2.28. The van der Waals surface area contributed by atoms with E-state index in [1.165, 1.54) is 12.5 Å². The number of piperazine rings is 1. The number of rotatable bonds is 19. The standard InChI is InChI=1S/C41H58N6O10/c1-4-6-21-56-41(53)46-19-17-45(18-20-46)40(52)31(14-15-37(49)55-23-22-54-5-2)44-38(50)33-25-35(30-13-12-28(3)24-32(30)43-33)57-27-36(48)47-16-8-11-34(47)39(51)42-26-29-9-7-10-29/h12-13,24-25,29,31,34H,4-11,14-23,26-27H2,1-3H3,(H,42,51)(H,44,50). The Balaban J connectivity index is 1.27. The number of aryl methyl sites for hydroxylation is 1. The molecule has 3 aliphatic rings. The molecule has 2 saturated heterocycles. The highest BCUT2D eigenvalue weighted by atomic mass is 16.6. The van der Waals surface area contributed by atoms with E-state index in [1.807, 2.05) is 26.8 Å². The van der Waals surface area contributed by atoms with Gasteiger partial charge >= 0.3 is 12.1 Å². The molecule has 2 unspecified atom stereocenters. The summed E-state index contributed by atoms with van der Waals surface area (Å²) in [5.74, 6) is -1.39. The zero-order chi connectivity index (χ0) is 40.7. The van der Waals surface area contributed by atoms with E-state index in [0.717, 1.165) is 31.2 Å². The van der Waals surface area contributed by atoms with E-state index >= 15 is 0 Å². The van der Waals surface area contributed by atoms with E-state index in [4.69, 9.17) is 18.9 Å². The molecule has 2 atom stereocenters. The maximum absolute atomic E-state index is 14.0. The molecular formula is C41H58N6O10. The van der Waals surface area contributed by atoms with Crippen LogP contribution in [0, 0.1) is 12.8 Å². The molecule has 1 aliphatic carbocycles. The normalized spacial score (nSPS) is 17.5. The summed E-state index contributed by atoms with van der Waals surface area (Å²) in [6.07, 6.45) is 5.71. The third-order valence-electron chi connectivity index (χ3n) is 10.7. The van der Waals surface area contributed by atoms with Crippen molar-refractivity contribution in [3.05, 3.63) is 35.5 Å². The largest absolute Gasteiger partial charge is 0.483 e. The Labute approximate surface area is 334 Å². The Hall–Kier alpha value is -4.99. The minimum absolute atomic E-state index is 0.0485. The Morgan fingerprint density at radius 1 is 0.895 bits per heavy atom. The predicted molar refractivity (Wildman–Crippen MR) is 209 cm³/mol. The number of fused-ring (bicyclic) bond motifs is 1. The van der Waals surface area contributed by atoms with E-state index in [-0.39, 0.29) is 82.1 Å². The molecule has 3 fully saturated rings. The minimum Gasteiger partial charge on any atom is -0.483 e. The fourth-order valence-corrected chi connectivity index (χ4v) is 7.07. The number of aromatic nitrogens is 1. The van der Waals surface area contributed by atoms with Crippen molar-refractivity contribution in [1.82, 2.24) is 30.3 Å². The zero-order valence-corrected chi connectivity index (χ0v) is 33.6. The summed E-state index contributed by atoms with van der Waals surface area (Å²) in [6.45, 7) is 8.48. The molecule has 16 nitrogen and oxygen atoms in total. The zero-order valence-electron chi connectivity index (χ0n) is 33.6. The topological polar surface area (TPSA) is 186 Å². The third-order valence-corrected chi connectivity index (χ3v) is 10.7. The molecule has 1 aromatic heterocycles. The Kier molecular flexibility index (Phi) is 16.3. The van der Waals surface area contributed by atoms with E-state index in [1.54, 1.807) is 26.8 Å². The van der Waals surface area contributed by atoms with Gasteiger partial charge in [0.2, 0.25) is 11.8 Å². The molecule has 5 rings (SSSR count). The monoisotopic (exact) mass is 794 g/mol. The number of pyridine rings is 1. The number of benzene rings is 1. The lowest BCUT2D eigenvalue weighted by molar-refractivity contribution is -0.145. The number of ether oxygens (including phenoxy) is 4. The molecule has 0 radical (unpaired) electrons. The van der Waals surface area contributed by atoms with Crippen LogP contribution in [0.4, 0.5) is 4.79 Å². The van der Waals surface area contributed by atoms with Gasteiger partial charge in [0.25, 0.3) is 11.8 Å². The van der Waals surface area contributed by atoms with E-state index < -0.39 is 36.0 Å². The van der Waals surface area contributed by atoms with Crippen molar-refractivity contribution >= 4 is 46.6 Å². The number of hydrogen-bond acceptors (Lipinski definition) is 11. The third kappa shape index (κ3) is 12.3. The molecule has 2 aliphatic heterocycles. The van der Waals surface area contributed by atoms with Gasteiger partial charge in [0.1, 0.15) is 30.1 Å². The molecule has 312 valence electrons. The highest BCUT2D eigenvalue weighted by molar-refractivity contribution is 5.99. The lowest BCUT2D eigenvalue weighted by Gasteiger charge is -2.36. The number of unbranched alkanes of at least 4 members (excludes halogenated alkanes) is 1. The molecule has 1 saturated carbocycles. The SMILES string of the molecule is CCCCOC(=O)N1CCN(C(=O)C(CCC(=O)OCCOCC)NC(=O)c2cc(OCC(=O)N3CCCC3C(=O)NCC3CCC3)c3ccc(C)cc3n2)CC1. The van der Waals surface area contributed by atoms with Gasteiger partial charge in [-0.1, -0.05) is 25.8 Å². The van der Waals surface area contributed by atoms with Crippen LogP contribution in [0.3, 0.4) is 0 Å². The number of carbonyl (C=O) groups excluding carboxylic acids is 6. The molecule has 2 aromatic rings. The number of carbonyl (C=O) groups is 6. The smallest absolute Gasteiger partial charge is 0.409 e. The molecule has 1 aromatic carbocycles. The first-order valence-electron chi connectivity index (χ1n) is 20.4. The van der Waals surface area contributed by atoms with Crippen molar-refractivity contribution in [2.75, 3.05) is 72.3 Å². The first-order chi connectivity index (χ1) is 27.6. The summed E-state index contributed by atoms with van der Waals surface area (Å²) < 4.78 is 21.9. The molecular weight excluding hydrogens is 736 g/mol. The van der Waals surface area contributed by atoms with E-state index in [0.29, 0.717) is 56.0 Å². The first-order valence-corrected chi connectivity index (χ1v) is 20.4. The molecule has 5 amide bonds. The van der Waals surface area contributed by atoms with Crippen molar-refractivity contribution in [2.45, 2.75) is 90.6 Å². The van der Waals surface area contributed by atoms with Gasteiger partial charge in [0, 0.05) is 63.7 Å². The number of nitrogens with zero attached hydrogens (tertiary/aromatic N) is 4. The van der Waals surface area contributed by atoms with Crippen LogP contribution in [0.2, 0.25) is 0 Å². The van der Waals surface area contributed by atoms with Gasteiger partial charge in [-0.15, -0.1) is 0 Å². The number of nitrogens with one attached hydrogen (secondary N) is 2. The summed E-state index contributed by atoms with van der Waals surface area (Å²) in [5, 5.41) is 6.38. The predicted octanol–water partition coefficient (Wildman–Crippen LogP) is 3.37. The maximum Gasteiger partial charge on any atom is 0.409 e. The van der Waals surface area contributed by atoms with Crippen LogP contribution in [0.15, 0.2) is 24.3 Å². The van der Waals surface area contributed by atoms with Gasteiger partial charge in [0.05, 0.1) is 18.7 Å². The second-order valence-electron chi connectivity index (χ2n) is 14.9. The summed E-state index contributed by atoms with van der Waals surface area (Å²) in [5.41, 5.74) is 1.27. The second kappa shape index (κ2) is 21.5. The highest BCUT2D eigenvalue weighted by Gasteiger charge is 2.35. The Bertz CT molecular complexity index is 1730. The Morgan fingerprint density at radius 3 is 2.39 bits per heavy atom. The van der Waals surface area contributed by atoms with Crippen LogP contribution in [0.5, 0.6) is 5.75 Å². The first kappa shape index (κ1) is 43.1. The molecule has 16 heteroatoms. The molecule has 3 heterocycles. The molecule has 2 N–H and O–H groups in total. The summed E-state index contributed by atoms with van der Waals surface area (Å²) in [6, 6.07) is 5.21. The average molecular weight is 795 g/mol. The molecule has 0 spiro atoms. The maximum atomic E-state index is 14.0. The van der Waals surface area contributed by atoms with Crippen LogP contribution in [-0.2, 0) is 33.4 Å². The Morgan fingerprint density at radius 2 is 1.67 bits per heavy atom. The van der Waals surface area contributed by atoms with Gasteiger partial charge in [-0.2, -0.15) is 0 Å². The molecule has 57 heavy (non-hydrogen) atoms. The summed E-state index contributed by atoms with van der Waals surface area (Å²) >= 11 is 0. The lowest BCUT2D eigenvalue weighted by atomic mass is 9.85. The van der Waals surface area contributed by atoms with Gasteiger partial charge in [-0.05, 0) is 76.0 Å². The van der Waals surface area contributed by atoms with Crippen LogP contribution >= 0.6 is 0 Å². The second-order valence-corrected chi connectivity index (χ2v) is 14.9. The van der Waals surface area contributed by atoms with Crippen molar-refractivity contribution in [3.63, 3.8) is 0 Å². The number of hydrogen-bond donors (Lipinski definition) is 2. The van der Waals surface area contributed by atoms with Crippen molar-refractivity contribution in [2.24, 2.45) is 5.92 Å². The van der Waals surface area contributed by atoms with E-state index in [2.05, 4.69) is 15.6 Å². The fourth-order valence-electron chi connectivity index (χ4n) is 7.07.